The van der Waals surface area contributed by atoms with E-state index in [1.165, 1.54) is 7.05 Å². The first-order chi connectivity index (χ1) is 8.09. The fourth-order valence-electron chi connectivity index (χ4n) is 1.33. The molecule has 1 heterocycles. The van der Waals surface area contributed by atoms with Crippen molar-refractivity contribution in [2.75, 3.05) is 5.43 Å². The highest BCUT2D eigenvalue weighted by Gasteiger charge is 2.10. The SMILES string of the molecule is Cn1[nH]c(=O)n(NC(=O)c2ccccc2)c1=O. The summed E-state index contributed by atoms with van der Waals surface area (Å²) in [5.74, 6) is -0.524. The maximum absolute atomic E-state index is 11.7. The maximum Gasteiger partial charge on any atom is 0.366 e. The van der Waals surface area contributed by atoms with Crippen LogP contribution in [-0.2, 0) is 7.05 Å². The lowest BCUT2D eigenvalue weighted by atomic mass is 10.2. The molecule has 0 saturated heterocycles. The van der Waals surface area contributed by atoms with Gasteiger partial charge in [-0.1, -0.05) is 18.2 Å². The summed E-state index contributed by atoms with van der Waals surface area (Å²) in [4.78, 5) is 34.4. The maximum atomic E-state index is 11.7. The lowest BCUT2D eigenvalue weighted by molar-refractivity contribution is 0.101. The smallest absolute Gasteiger partial charge is 0.267 e. The van der Waals surface area contributed by atoms with Gasteiger partial charge in [-0.05, 0) is 12.1 Å². The average molecular weight is 234 g/mol. The number of aryl methyl sites for hydroxylation is 1. The van der Waals surface area contributed by atoms with Crippen molar-refractivity contribution >= 4 is 5.91 Å². The molecule has 0 spiro atoms. The van der Waals surface area contributed by atoms with Crippen LogP contribution in [0.15, 0.2) is 39.9 Å². The zero-order chi connectivity index (χ0) is 12.4. The van der Waals surface area contributed by atoms with Crippen molar-refractivity contribution in [3.8, 4) is 0 Å². The Morgan fingerprint density at radius 1 is 1.24 bits per heavy atom. The van der Waals surface area contributed by atoms with Gasteiger partial charge in [0.15, 0.2) is 0 Å². The van der Waals surface area contributed by atoms with E-state index in [9.17, 15) is 14.4 Å². The Kier molecular flexibility index (Phi) is 2.65. The first-order valence-electron chi connectivity index (χ1n) is 4.84. The normalized spacial score (nSPS) is 10.2. The van der Waals surface area contributed by atoms with Gasteiger partial charge < -0.3 is 0 Å². The topological polar surface area (TPSA) is 88.9 Å². The van der Waals surface area contributed by atoms with Crippen LogP contribution in [0.3, 0.4) is 0 Å². The Hall–Kier alpha value is -2.57. The molecule has 0 unspecified atom stereocenters. The number of aromatic amines is 1. The molecule has 1 aromatic heterocycles. The average Bonchev–Trinajstić information content (AvgIpc) is 2.57. The largest absolute Gasteiger partial charge is 0.366 e. The summed E-state index contributed by atoms with van der Waals surface area (Å²) in [6, 6.07) is 8.30. The van der Waals surface area contributed by atoms with Gasteiger partial charge in [-0.15, -0.1) is 4.68 Å². The second-order valence-corrected chi connectivity index (χ2v) is 3.40. The second-order valence-electron chi connectivity index (χ2n) is 3.40. The van der Waals surface area contributed by atoms with Gasteiger partial charge in [0, 0.05) is 12.6 Å². The summed E-state index contributed by atoms with van der Waals surface area (Å²) >= 11 is 0. The van der Waals surface area contributed by atoms with Crippen LogP contribution in [0.25, 0.3) is 0 Å². The van der Waals surface area contributed by atoms with Crippen molar-refractivity contribution in [1.29, 1.82) is 0 Å². The van der Waals surface area contributed by atoms with Crippen molar-refractivity contribution in [3.05, 3.63) is 56.9 Å². The van der Waals surface area contributed by atoms with Gasteiger partial charge in [-0.3, -0.25) is 10.2 Å². The number of carbonyl (C=O) groups excluding carboxylic acids is 1. The van der Waals surface area contributed by atoms with E-state index in [2.05, 4.69) is 10.5 Å². The molecule has 2 N–H and O–H groups in total. The standard InChI is InChI=1S/C10H10N4O3/c1-13-10(17)14(9(16)12-13)11-8(15)7-5-3-2-4-6-7/h2-6H,1H3,(H,11,15)(H,12,16). The molecule has 0 fully saturated rings. The number of hydrogen-bond acceptors (Lipinski definition) is 3. The minimum absolute atomic E-state index is 0.364. The number of hydrogen-bond donors (Lipinski definition) is 2. The predicted octanol–water partition coefficient (Wildman–Crippen LogP) is -0.741. The van der Waals surface area contributed by atoms with E-state index in [0.29, 0.717) is 10.2 Å². The summed E-state index contributed by atoms with van der Waals surface area (Å²) in [7, 11) is 1.38. The summed E-state index contributed by atoms with van der Waals surface area (Å²) in [6.45, 7) is 0. The van der Waals surface area contributed by atoms with Gasteiger partial charge in [0.25, 0.3) is 5.91 Å². The van der Waals surface area contributed by atoms with Crippen LogP contribution in [0.4, 0.5) is 0 Å². The third-order valence-corrected chi connectivity index (χ3v) is 2.19. The van der Waals surface area contributed by atoms with Crippen LogP contribution < -0.4 is 16.8 Å². The van der Waals surface area contributed by atoms with E-state index in [4.69, 9.17) is 0 Å². The number of benzene rings is 1. The first kappa shape index (κ1) is 10.9. The van der Waals surface area contributed by atoms with Crippen molar-refractivity contribution in [2.45, 2.75) is 0 Å². The number of H-pyrrole nitrogens is 1. The van der Waals surface area contributed by atoms with Gasteiger partial charge in [0.2, 0.25) is 0 Å². The Bertz CT molecular complexity index is 650. The lowest BCUT2D eigenvalue weighted by Gasteiger charge is -2.02. The third kappa shape index (κ3) is 2.03. The molecule has 0 radical (unpaired) electrons. The van der Waals surface area contributed by atoms with Crippen LogP contribution in [0, 0.1) is 0 Å². The Morgan fingerprint density at radius 3 is 2.41 bits per heavy atom. The number of nitrogens with zero attached hydrogens (tertiary/aromatic N) is 2. The molecule has 0 aliphatic carbocycles. The van der Waals surface area contributed by atoms with Crippen molar-refractivity contribution < 1.29 is 4.79 Å². The summed E-state index contributed by atoms with van der Waals surface area (Å²) in [5.41, 5.74) is 1.25. The number of rotatable bonds is 2. The fourth-order valence-corrected chi connectivity index (χ4v) is 1.33. The Balaban J connectivity index is 2.31. The second kappa shape index (κ2) is 4.12. The zero-order valence-electron chi connectivity index (χ0n) is 9.01. The van der Waals surface area contributed by atoms with Crippen LogP contribution >= 0.6 is 0 Å². The number of aromatic nitrogens is 3. The van der Waals surface area contributed by atoms with Crippen LogP contribution in [0.2, 0.25) is 0 Å². The summed E-state index contributed by atoms with van der Waals surface area (Å²) < 4.78 is 1.60. The van der Waals surface area contributed by atoms with E-state index in [0.717, 1.165) is 4.68 Å². The lowest BCUT2D eigenvalue weighted by Crippen LogP contribution is -2.39. The summed E-state index contributed by atoms with van der Waals surface area (Å²) in [5, 5.41) is 2.23. The molecule has 0 saturated carbocycles. The number of amides is 1. The number of nitrogens with one attached hydrogen (secondary N) is 2. The minimum Gasteiger partial charge on any atom is -0.267 e. The molecule has 88 valence electrons. The molecule has 2 aromatic rings. The molecule has 0 aliphatic heterocycles. The van der Waals surface area contributed by atoms with E-state index < -0.39 is 17.3 Å². The quantitative estimate of drug-likeness (QED) is 0.717. The summed E-state index contributed by atoms with van der Waals surface area (Å²) in [6.07, 6.45) is 0. The molecular formula is C10H10N4O3. The highest BCUT2D eigenvalue weighted by Crippen LogP contribution is 1.97. The van der Waals surface area contributed by atoms with Crippen molar-refractivity contribution in [2.24, 2.45) is 7.05 Å². The predicted molar refractivity (Wildman–Crippen MR) is 60.4 cm³/mol. The van der Waals surface area contributed by atoms with Gasteiger partial charge in [-0.25, -0.2) is 19.4 Å². The van der Waals surface area contributed by atoms with Crippen molar-refractivity contribution in [3.63, 3.8) is 0 Å². The molecule has 1 amide bonds. The van der Waals surface area contributed by atoms with Gasteiger partial charge in [0.05, 0.1) is 0 Å². The van der Waals surface area contributed by atoms with E-state index >= 15 is 0 Å². The molecule has 1 aromatic carbocycles. The number of carbonyl (C=O) groups is 1. The molecule has 0 bridgehead atoms. The van der Waals surface area contributed by atoms with Crippen molar-refractivity contribution in [1.82, 2.24) is 14.5 Å². The third-order valence-electron chi connectivity index (χ3n) is 2.19. The van der Waals surface area contributed by atoms with Crippen LogP contribution in [0.5, 0.6) is 0 Å². The highest BCUT2D eigenvalue weighted by atomic mass is 16.2. The van der Waals surface area contributed by atoms with Crippen LogP contribution in [-0.4, -0.2) is 20.4 Å². The van der Waals surface area contributed by atoms with Crippen LogP contribution in [0.1, 0.15) is 10.4 Å². The van der Waals surface area contributed by atoms with E-state index in [1.807, 2.05) is 0 Å². The molecule has 2 rings (SSSR count). The minimum atomic E-state index is -0.693. The fraction of sp³-hybridized carbons (Fsp3) is 0.100. The highest BCUT2D eigenvalue weighted by molar-refractivity contribution is 5.99. The molecule has 7 nitrogen and oxygen atoms in total. The molecule has 17 heavy (non-hydrogen) atoms. The van der Waals surface area contributed by atoms with Gasteiger partial charge >= 0.3 is 11.4 Å². The van der Waals surface area contributed by atoms with E-state index in [-0.39, 0.29) is 0 Å². The Morgan fingerprint density at radius 2 is 1.88 bits per heavy atom. The zero-order valence-corrected chi connectivity index (χ0v) is 9.01. The Labute approximate surface area is 95.3 Å². The molecule has 0 atom stereocenters. The van der Waals surface area contributed by atoms with Gasteiger partial charge in [0.1, 0.15) is 0 Å². The molecule has 0 aliphatic rings. The molecular weight excluding hydrogens is 224 g/mol. The van der Waals surface area contributed by atoms with Gasteiger partial charge in [-0.2, -0.15) is 0 Å². The van der Waals surface area contributed by atoms with E-state index in [1.54, 1.807) is 30.3 Å². The first-order valence-corrected chi connectivity index (χ1v) is 4.84. The monoisotopic (exact) mass is 234 g/mol. The molecule has 7 heteroatoms.